The van der Waals surface area contributed by atoms with Gasteiger partial charge in [-0.1, -0.05) is 24.3 Å². The van der Waals surface area contributed by atoms with E-state index in [0.29, 0.717) is 16.9 Å². The highest BCUT2D eigenvalue weighted by atomic mass is 32.2. The lowest BCUT2D eigenvalue weighted by molar-refractivity contribution is -0.387. The fourth-order valence-corrected chi connectivity index (χ4v) is 4.86. The third-order valence-corrected chi connectivity index (χ3v) is 6.59. The average molecular weight is 442 g/mol. The summed E-state index contributed by atoms with van der Waals surface area (Å²) in [4.78, 5) is 14.4. The monoisotopic (exact) mass is 441 g/mol. The number of pyridine rings is 1. The van der Waals surface area contributed by atoms with Gasteiger partial charge in [0.2, 0.25) is 10.0 Å². The first-order valence-corrected chi connectivity index (χ1v) is 10.9. The van der Waals surface area contributed by atoms with Gasteiger partial charge in [-0.3, -0.25) is 15.1 Å². The van der Waals surface area contributed by atoms with E-state index in [1.165, 1.54) is 18.2 Å². The van der Waals surface area contributed by atoms with Gasteiger partial charge in [0.15, 0.2) is 4.90 Å². The van der Waals surface area contributed by atoms with Gasteiger partial charge in [-0.15, -0.1) is 0 Å². The third kappa shape index (κ3) is 4.73. The van der Waals surface area contributed by atoms with Crippen LogP contribution in [0.2, 0.25) is 0 Å². The molecule has 162 valence electrons. The molecule has 8 nitrogen and oxygen atoms in total. The maximum Gasteiger partial charge on any atom is 0.289 e. The minimum absolute atomic E-state index is 0.372. The lowest BCUT2D eigenvalue weighted by Gasteiger charge is -2.27. The van der Waals surface area contributed by atoms with Crippen LogP contribution >= 0.6 is 0 Å². The molecule has 31 heavy (non-hydrogen) atoms. The molecule has 0 saturated heterocycles. The Morgan fingerprint density at radius 1 is 1.13 bits per heavy atom. The number of hydrogen-bond donors (Lipinski definition) is 1. The normalized spacial score (nSPS) is 11.9. The van der Waals surface area contributed by atoms with Crippen molar-refractivity contribution in [2.75, 3.05) is 7.11 Å². The standard InChI is InChI=1S/C22H23N3O5S/c1-15-8-9-21(19(12-15)25(26)27)31(28,29)24-22(2,3)17-7-5-6-16(13-17)18-10-11-23-14-20(18)30-4/h5-14,24H,1-4H3. The van der Waals surface area contributed by atoms with Crippen molar-refractivity contribution in [1.29, 1.82) is 0 Å². The first-order valence-electron chi connectivity index (χ1n) is 9.43. The first-order chi connectivity index (χ1) is 14.5. The zero-order valence-electron chi connectivity index (χ0n) is 17.6. The average Bonchev–Trinajstić information content (AvgIpc) is 2.72. The largest absolute Gasteiger partial charge is 0.494 e. The molecule has 0 aliphatic carbocycles. The van der Waals surface area contributed by atoms with E-state index < -0.39 is 26.2 Å². The third-order valence-electron chi connectivity index (χ3n) is 4.89. The van der Waals surface area contributed by atoms with Gasteiger partial charge in [0.1, 0.15) is 5.75 Å². The molecule has 0 fully saturated rings. The van der Waals surface area contributed by atoms with Crippen molar-refractivity contribution in [3.63, 3.8) is 0 Å². The quantitative estimate of drug-likeness (QED) is 0.435. The summed E-state index contributed by atoms with van der Waals surface area (Å²) in [5.41, 5.74) is 1.41. The number of methoxy groups -OCH3 is 1. The summed E-state index contributed by atoms with van der Waals surface area (Å²) in [5.74, 6) is 0.591. The molecule has 0 atom stereocenters. The second kappa shape index (κ2) is 8.44. The van der Waals surface area contributed by atoms with E-state index in [2.05, 4.69) is 9.71 Å². The molecule has 1 heterocycles. The first kappa shape index (κ1) is 22.4. The number of aromatic nitrogens is 1. The Morgan fingerprint density at radius 2 is 1.87 bits per heavy atom. The smallest absolute Gasteiger partial charge is 0.289 e. The molecule has 0 saturated carbocycles. The van der Waals surface area contributed by atoms with Gasteiger partial charge >= 0.3 is 0 Å². The van der Waals surface area contributed by atoms with E-state index in [4.69, 9.17) is 4.74 Å². The predicted octanol–water partition coefficient (Wildman–Crippen LogP) is 4.19. The predicted molar refractivity (Wildman–Crippen MR) is 117 cm³/mol. The minimum Gasteiger partial charge on any atom is -0.494 e. The highest BCUT2D eigenvalue weighted by molar-refractivity contribution is 7.89. The summed E-state index contributed by atoms with van der Waals surface area (Å²) in [6.07, 6.45) is 3.25. The van der Waals surface area contributed by atoms with Crippen molar-refractivity contribution in [3.05, 3.63) is 82.2 Å². The minimum atomic E-state index is -4.18. The van der Waals surface area contributed by atoms with Crippen LogP contribution in [0.4, 0.5) is 5.69 Å². The van der Waals surface area contributed by atoms with Crippen LogP contribution in [0.5, 0.6) is 5.75 Å². The summed E-state index contributed by atoms with van der Waals surface area (Å²) < 4.78 is 34.1. The van der Waals surface area contributed by atoms with Gasteiger partial charge < -0.3 is 4.74 Å². The Hall–Kier alpha value is -3.30. The van der Waals surface area contributed by atoms with E-state index in [1.54, 1.807) is 46.3 Å². The molecule has 0 spiro atoms. The number of aryl methyl sites for hydroxylation is 1. The fourth-order valence-electron chi connectivity index (χ4n) is 3.30. The molecule has 1 aromatic heterocycles. The van der Waals surface area contributed by atoms with Gasteiger partial charge in [0.05, 0.1) is 23.8 Å². The van der Waals surface area contributed by atoms with Gasteiger partial charge in [-0.05, 0) is 55.7 Å². The highest BCUT2D eigenvalue weighted by Crippen LogP contribution is 2.33. The van der Waals surface area contributed by atoms with E-state index in [-0.39, 0.29) is 4.90 Å². The second-order valence-corrected chi connectivity index (χ2v) is 9.27. The van der Waals surface area contributed by atoms with E-state index in [0.717, 1.165) is 11.1 Å². The maximum absolute atomic E-state index is 13.1. The zero-order valence-corrected chi connectivity index (χ0v) is 18.4. The molecule has 0 aliphatic rings. The molecule has 0 aliphatic heterocycles. The van der Waals surface area contributed by atoms with Gasteiger partial charge in [-0.2, -0.15) is 0 Å². The molecule has 2 aromatic carbocycles. The van der Waals surface area contributed by atoms with Crippen molar-refractivity contribution >= 4 is 15.7 Å². The van der Waals surface area contributed by atoms with Crippen LogP contribution in [0, 0.1) is 17.0 Å². The lowest BCUT2D eigenvalue weighted by Crippen LogP contribution is -2.41. The Morgan fingerprint density at radius 3 is 2.55 bits per heavy atom. The lowest BCUT2D eigenvalue weighted by atomic mass is 9.92. The molecular weight excluding hydrogens is 418 g/mol. The molecule has 0 amide bonds. The molecule has 0 unspecified atom stereocenters. The highest BCUT2D eigenvalue weighted by Gasteiger charge is 2.32. The van der Waals surface area contributed by atoms with Crippen molar-refractivity contribution < 1.29 is 18.1 Å². The van der Waals surface area contributed by atoms with Crippen LogP contribution in [-0.4, -0.2) is 25.4 Å². The van der Waals surface area contributed by atoms with Gasteiger partial charge in [-0.25, -0.2) is 13.1 Å². The Kier molecular flexibility index (Phi) is 6.10. The number of nitro benzene ring substituents is 1. The molecule has 0 bridgehead atoms. The maximum atomic E-state index is 13.1. The van der Waals surface area contributed by atoms with Crippen LogP contribution in [0.15, 0.2) is 65.8 Å². The molecule has 3 rings (SSSR count). The summed E-state index contributed by atoms with van der Waals surface area (Å²) in [5, 5.41) is 11.4. The molecule has 1 N–H and O–H groups in total. The van der Waals surface area contributed by atoms with Crippen LogP contribution in [0.1, 0.15) is 25.0 Å². The SMILES string of the molecule is COc1cnccc1-c1cccc(C(C)(C)NS(=O)(=O)c2ccc(C)cc2[N+](=O)[O-])c1. The van der Waals surface area contributed by atoms with Crippen LogP contribution in [-0.2, 0) is 15.6 Å². The number of rotatable bonds is 7. The molecular formula is C22H23N3O5S. The molecule has 3 aromatic rings. The van der Waals surface area contributed by atoms with Gasteiger partial charge in [0, 0.05) is 17.8 Å². The number of nitrogens with one attached hydrogen (secondary N) is 1. The summed E-state index contributed by atoms with van der Waals surface area (Å²) >= 11 is 0. The van der Waals surface area contributed by atoms with Crippen LogP contribution < -0.4 is 9.46 Å². The Bertz CT molecular complexity index is 1240. The van der Waals surface area contributed by atoms with Crippen molar-refractivity contribution in [2.45, 2.75) is 31.2 Å². The summed E-state index contributed by atoms with van der Waals surface area (Å²) in [6, 6.07) is 13.2. The number of ether oxygens (including phenoxy) is 1. The summed E-state index contributed by atoms with van der Waals surface area (Å²) in [6.45, 7) is 5.07. The number of nitro groups is 1. The number of sulfonamides is 1. The fraction of sp³-hybridized carbons (Fsp3) is 0.227. The van der Waals surface area contributed by atoms with Crippen molar-refractivity contribution in [1.82, 2.24) is 9.71 Å². The molecule has 0 radical (unpaired) electrons. The Labute approximate surface area is 181 Å². The van der Waals surface area contributed by atoms with E-state index in [1.807, 2.05) is 24.3 Å². The second-order valence-electron chi connectivity index (χ2n) is 7.62. The number of nitrogens with zero attached hydrogens (tertiary/aromatic N) is 2. The van der Waals surface area contributed by atoms with Crippen molar-refractivity contribution in [3.8, 4) is 16.9 Å². The van der Waals surface area contributed by atoms with Crippen LogP contribution in [0.25, 0.3) is 11.1 Å². The Balaban J connectivity index is 2.01. The van der Waals surface area contributed by atoms with E-state index >= 15 is 0 Å². The topological polar surface area (TPSA) is 111 Å². The van der Waals surface area contributed by atoms with Gasteiger partial charge in [0.25, 0.3) is 5.69 Å². The number of hydrogen-bond acceptors (Lipinski definition) is 6. The zero-order chi connectivity index (χ0) is 22.8. The van der Waals surface area contributed by atoms with E-state index in [9.17, 15) is 18.5 Å². The number of benzene rings is 2. The molecule has 9 heteroatoms. The van der Waals surface area contributed by atoms with Crippen LogP contribution in [0.3, 0.4) is 0 Å². The van der Waals surface area contributed by atoms with Crippen molar-refractivity contribution in [2.24, 2.45) is 0 Å². The summed E-state index contributed by atoms with van der Waals surface area (Å²) in [7, 11) is -2.62.